The zero-order valence-electron chi connectivity index (χ0n) is 15.3. The maximum Gasteiger partial charge on any atom is 0.416 e. The van der Waals surface area contributed by atoms with Crippen molar-refractivity contribution >= 4 is 5.82 Å². The lowest BCUT2D eigenvalue weighted by atomic mass is 9.91. The van der Waals surface area contributed by atoms with Crippen molar-refractivity contribution in [3.63, 3.8) is 0 Å². The van der Waals surface area contributed by atoms with Gasteiger partial charge in [0.15, 0.2) is 0 Å². The SMILES string of the molecule is Cc1nc(NC(C)C2CC2)c2c(n1)C(c1ccc(C(F)(F)F)cc1)COC2. The van der Waals surface area contributed by atoms with Crippen LogP contribution in [0.5, 0.6) is 0 Å². The number of hydrogen-bond donors (Lipinski definition) is 1. The highest BCUT2D eigenvalue weighted by Gasteiger charge is 2.33. The van der Waals surface area contributed by atoms with E-state index >= 15 is 0 Å². The molecule has 2 aromatic rings. The van der Waals surface area contributed by atoms with E-state index in [2.05, 4.69) is 22.2 Å². The van der Waals surface area contributed by atoms with Gasteiger partial charge in [-0.15, -0.1) is 0 Å². The Hall–Kier alpha value is -2.15. The normalized spacial score (nSPS) is 20.9. The minimum Gasteiger partial charge on any atom is -0.376 e. The maximum absolute atomic E-state index is 12.8. The summed E-state index contributed by atoms with van der Waals surface area (Å²) in [6.45, 7) is 4.80. The summed E-state index contributed by atoms with van der Waals surface area (Å²) in [5.41, 5.74) is 1.87. The third-order valence-corrected chi connectivity index (χ3v) is 5.35. The van der Waals surface area contributed by atoms with Gasteiger partial charge in [-0.3, -0.25) is 0 Å². The molecule has 7 heteroatoms. The number of benzene rings is 1. The molecule has 4 rings (SSSR count). The molecule has 2 unspecified atom stereocenters. The lowest BCUT2D eigenvalue weighted by Gasteiger charge is -2.28. The molecule has 1 aromatic heterocycles. The van der Waals surface area contributed by atoms with Crippen LogP contribution in [0.25, 0.3) is 0 Å². The summed E-state index contributed by atoms with van der Waals surface area (Å²) in [5.74, 6) is 1.91. The van der Waals surface area contributed by atoms with Gasteiger partial charge in [0.25, 0.3) is 0 Å². The first-order chi connectivity index (χ1) is 12.8. The van der Waals surface area contributed by atoms with Crippen LogP contribution in [0.3, 0.4) is 0 Å². The molecule has 27 heavy (non-hydrogen) atoms. The first-order valence-electron chi connectivity index (χ1n) is 9.22. The number of aromatic nitrogens is 2. The lowest BCUT2D eigenvalue weighted by molar-refractivity contribution is -0.137. The Morgan fingerprint density at radius 3 is 2.48 bits per heavy atom. The highest BCUT2D eigenvalue weighted by molar-refractivity contribution is 5.51. The molecule has 1 saturated carbocycles. The molecular weight excluding hydrogens is 355 g/mol. The van der Waals surface area contributed by atoms with Gasteiger partial charge in [0, 0.05) is 11.6 Å². The first kappa shape index (κ1) is 18.2. The van der Waals surface area contributed by atoms with E-state index in [1.54, 1.807) is 0 Å². The number of halogens is 3. The van der Waals surface area contributed by atoms with Gasteiger partial charge in [-0.2, -0.15) is 13.2 Å². The second-order valence-corrected chi connectivity index (χ2v) is 7.44. The summed E-state index contributed by atoms with van der Waals surface area (Å²) in [5, 5.41) is 3.49. The van der Waals surface area contributed by atoms with Crippen LogP contribution in [0.1, 0.15) is 53.9 Å². The molecule has 0 saturated heterocycles. The second-order valence-electron chi connectivity index (χ2n) is 7.44. The quantitative estimate of drug-likeness (QED) is 0.841. The van der Waals surface area contributed by atoms with Crippen LogP contribution in [-0.2, 0) is 17.5 Å². The van der Waals surface area contributed by atoms with E-state index in [-0.39, 0.29) is 5.92 Å². The fraction of sp³-hybridized carbons (Fsp3) is 0.500. The number of fused-ring (bicyclic) bond motifs is 1. The number of alkyl halides is 3. The highest BCUT2D eigenvalue weighted by atomic mass is 19.4. The second kappa shape index (κ2) is 6.78. The van der Waals surface area contributed by atoms with Gasteiger partial charge < -0.3 is 10.1 Å². The number of hydrogen-bond acceptors (Lipinski definition) is 4. The summed E-state index contributed by atoms with van der Waals surface area (Å²) in [4.78, 5) is 9.18. The Labute approximate surface area is 156 Å². The van der Waals surface area contributed by atoms with Crippen LogP contribution in [0, 0.1) is 12.8 Å². The van der Waals surface area contributed by atoms with Gasteiger partial charge >= 0.3 is 6.18 Å². The molecule has 1 N–H and O–H groups in total. The molecule has 144 valence electrons. The van der Waals surface area contributed by atoms with E-state index in [9.17, 15) is 13.2 Å². The number of anilines is 1. The number of rotatable bonds is 4. The topological polar surface area (TPSA) is 47.0 Å². The standard InChI is InChI=1S/C20H22F3N3O/c1-11(13-3-4-13)24-19-17-10-27-9-16(18(17)25-12(2)26-19)14-5-7-15(8-6-14)20(21,22)23/h5-8,11,13,16H,3-4,9-10H2,1-2H3,(H,24,25,26). The molecule has 1 fully saturated rings. The smallest absolute Gasteiger partial charge is 0.376 e. The molecule has 1 aliphatic heterocycles. The molecule has 1 aliphatic carbocycles. The molecule has 4 nitrogen and oxygen atoms in total. The molecular formula is C20H22F3N3O. The summed E-state index contributed by atoms with van der Waals surface area (Å²) >= 11 is 0. The minimum absolute atomic E-state index is 0.200. The highest BCUT2D eigenvalue weighted by Crippen LogP contribution is 2.38. The van der Waals surface area contributed by atoms with E-state index in [1.807, 2.05) is 6.92 Å². The van der Waals surface area contributed by atoms with Crippen LogP contribution in [0.15, 0.2) is 24.3 Å². The molecule has 0 bridgehead atoms. The summed E-state index contributed by atoms with van der Waals surface area (Å²) < 4.78 is 44.3. The molecule has 0 radical (unpaired) electrons. The Kier molecular flexibility index (Phi) is 4.58. The maximum atomic E-state index is 12.8. The lowest BCUT2D eigenvalue weighted by Crippen LogP contribution is -2.25. The molecule has 2 atom stereocenters. The van der Waals surface area contributed by atoms with Crippen molar-refractivity contribution in [2.45, 2.75) is 51.4 Å². The van der Waals surface area contributed by atoms with E-state index in [0.717, 1.165) is 34.8 Å². The average molecular weight is 377 g/mol. The number of ether oxygens (including phenoxy) is 1. The zero-order chi connectivity index (χ0) is 19.2. The van der Waals surface area contributed by atoms with Crippen LogP contribution in [-0.4, -0.2) is 22.6 Å². The number of nitrogens with one attached hydrogen (secondary N) is 1. The fourth-order valence-corrected chi connectivity index (χ4v) is 3.61. The Morgan fingerprint density at radius 1 is 1.15 bits per heavy atom. The van der Waals surface area contributed by atoms with Gasteiger partial charge in [-0.05, 0) is 50.3 Å². The van der Waals surface area contributed by atoms with Crippen molar-refractivity contribution in [3.8, 4) is 0 Å². The van der Waals surface area contributed by atoms with Gasteiger partial charge in [0.2, 0.25) is 0 Å². The van der Waals surface area contributed by atoms with Gasteiger partial charge in [0.05, 0.1) is 30.4 Å². The van der Waals surface area contributed by atoms with Gasteiger partial charge in [-0.1, -0.05) is 12.1 Å². The van der Waals surface area contributed by atoms with Crippen molar-refractivity contribution in [1.29, 1.82) is 0 Å². The predicted molar refractivity (Wildman–Crippen MR) is 95.5 cm³/mol. The molecule has 1 aromatic carbocycles. The van der Waals surface area contributed by atoms with Crippen molar-refractivity contribution in [2.75, 3.05) is 11.9 Å². The van der Waals surface area contributed by atoms with E-state index in [1.165, 1.54) is 25.0 Å². The average Bonchev–Trinajstić information content (AvgIpc) is 3.46. The molecule has 2 heterocycles. The van der Waals surface area contributed by atoms with Crippen molar-refractivity contribution in [2.24, 2.45) is 5.92 Å². The van der Waals surface area contributed by atoms with Gasteiger partial charge in [-0.25, -0.2) is 9.97 Å². The minimum atomic E-state index is -4.34. The van der Waals surface area contributed by atoms with Gasteiger partial charge in [0.1, 0.15) is 11.6 Å². The number of nitrogens with zero attached hydrogens (tertiary/aromatic N) is 2. The van der Waals surface area contributed by atoms with E-state index < -0.39 is 11.7 Å². The molecule has 0 spiro atoms. The summed E-state index contributed by atoms with van der Waals surface area (Å²) in [7, 11) is 0. The Balaban J connectivity index is 1.67. The summed E-state index contributed by atoms with van der Waals surface area (Å²) in [6.07, 6.45) is -1.88. The monoisotopic (exact) mass is 377 g/mol. The Bertz CT molecular complexity index is 832. The van der Waals surface area contributed by atoms with Crippen LogP contribution < -0.4 is 5.32 Å². The summed E-state index contributed by atoms with van der Waals surface area (Å²) in [6, 6.07) is 5.60. The third-order valence-electron chi connectivity index (χ3n) is 5.35. The number of aryl methyl sites for hydroxylation is 1. The third kappa shape index (κ3) is 3.78. The zero-order valence-corrected chi connectivity index (χ0v) is 15.3. The largest absolute Gasteiger partial charge is 0.416 e. The van der Waals surface area contributed by atoms with Crippen LogP contribution in [0.4, 0.5) is 19.0 Å². The first-order valence-corrected chi connectivity index (χ1v) is 9.22. The van der Waals surface area contributed by atoms with Crippen molar-refractivity contribution in [1.82, 2.24) is 9.97 Å². The fourth-order valence-electron chi connectivity index (χ4n) is 3.61. The Morgan fingerprint density at radius 2 is 1.85 bits per heavy atom. The van der Waals surface area contributed by atoms with Crippen molar-refractivity contribution < 1.29 is 17.9 Å². The predicted octanol–water partition coefficient (Wildman–Crippen LogP) is 4.68. The van der Waals surface area contributed by atoms with Crippen LogP contribution >= 0.6 is 0 Å². The molecule has 0 amide bonds. The molecule has 2 aliphatic rings. The van der Waals surface area contributed by atoms with Crippen LogP contribution in [0.2, 0.25) is 0 Å². The van der Waals surface area contributed by atoms with E-state index in [4.69, 9.17) is 4.74 Å². The van der Waals surface area contributed by atoms with Crippen molar-refractivity contribution in [3.05, 3.63) is 52.5 Å². The van der Waals surface area contributed by atoms with E-state index in [0.29, 0.717) is 31.0 Å².